The summed E-state index contributed by atoms with van der Waals surface area (Å²) in [4.78, 5) is 16.2. The van der Waals surface area contributed by atoms with Gasteiger partial charge < -0.3 is 10.4 Å². The number of halogens is 1. The van der Waals surface area contributed by atoms with Crippen LogP contribution < -0.4 is 5.32 Å². The third-order valence-corrected chi connectivity index (χ3v) is 3.80. The summed E-state index contributed by atoms with van der Waals surface area (Å²) < 4.78 is 0. The first-order valence-electron chi connectivity index (χ1n) is 6.43. The van der Waals surface area contributed by atoms with Crippen LogP contribution in [0.5, 0.6) is 0 Å². The number of hydrogen-bond donors (Lipinski definition) is 3. The highest BCUT2D eigenvalue weighted by Gasteiger charge is 2.13. The standard InChI is InChI=1S/C16H11ClN2O2S/c17-9-5-6-12-11(7-9)15(14(22)8-18-12)19-13-4-2-1-3-10(13)16(20)21/h1-8,22H,(H,18,19)(H,20,21). The van der Waals surface area contributed by atoms with Gasteiger partial charge >= 0.3 is 5.97 Å². The molecule has 0 aliphatic rings. The average Bonchev–Trinajstić information content (AvgIpc) is 2.50. The van der Waals surface area contributed by atoms with E-state index in [2.05, 4.69) is 22.9 Å². The average molecular weight is 331 g/mol. The van der Waals surface area contributed by atoms with Crippen molar-refractivity contribution in [2.24, 2.45) is 0 Å². The molecule has 0 radical (unpaired) electrons. The predicted octanol–water partition coefficient (Wildman–Crippen LogP) is 4.62. The second kappa shape index (κ2) is 5.87. The Labute approximate surface area is 137 Å². The third-order valence-electron chi connectivity index (χ3n) is 3.23. The lowest BCUT2D eigenvalue weighted by Crippen LogP contribution is -2.03. The number of hydrogen-bond acceptors (Lipinski definition) is 4. The number of thiol groups is 1. The molecule has 22 heavy (non-hydrogen) atoms. The van der Waals surface area contributed by atoms with Gasteiger partial charge in [-0.05, 0) is 30.3 Å². The normalized spacial score (nSPS) is 10.6. The van der Waals surface area contributed by atoms with Crippen molar-refractivity contribution in [2.45, 2.75) is 4.90 Å². The number of anilines is 2. The number of aromatic carboxylic acids is 1. The summed E-state index contributed by atoms with van der Waals surface area (Å²) in [6.45, 7) is 0. The minimum Gasteiger partial charge on any atom is -0.478 e. The molecule has 2 N–H and O–H groups in total. The molecule has 0 bridgehead atoms. The molecule has 6 heteroatoms. The van der Waals surface area contributed by atoms with Crippen molar-refractivity contribution in [3.8, 4) is 0 Å². The van der Waals surface area contributed by atoms with E-state index < -0.39 is 5.97 Å². The van der Waals surface area contributed by atoms with Gasteiger partial charge in [0.2, 0.25) is 0 Å². The highest BCUT2D eigenvalue weighted by molar-refractivity contribution is 7.80. The Kier molecular flexibility index (Phi) is 3.92. The smallest absolute Gasteiger partial charge is 0.337 e. The fourth-order valence-electron chi connectivity index (χ4n) is 2.20. The van der Waals surface area contributed by atoms with Crippen LogP contribution in [0.4, 0.5) is 11.4 Å². The van der Waals surface area contributed by atoms with Gasteiger partial charge in [0, 0.05) is 21.5 Å². The maximum Gasteiger partial charge on any atom is 0.337 e. The quantitative estimate of drug-likeness (QED) is 0.613. The summed E-state index contributed by atoms with van der Waals surface area (Å²) in [7, 11) is 0. The van der Waals surface area contributed by atoms with E-state index >= 15 is 0 Å². The Morgan fingerprint density at radius 1 is 1.23 bits per heavy atom. The first-order chi connectivity index (χ1) is 10.6. The number of rotatable bonds is 3. The number of carboxylic acid groups (broad SMARTS) is 1. The molecule has 0 aliphatic heterocycles. The SMILES string of the molecule is O=C(O)c1ccccc1Nc1c(S)cnc2ccc(Cl)cc12. The van der Waals surface area contributed by atoms with Gasteiger partial charge in [0.1, 0.15) is 0 Å². The van der Waals surface area contributed by atoms with E-state index in [1.807, 2.05) is 0 Å². The van der Waals surface area contributed by atoms with Crippen LogP contribution in [0.3, 0.4) is 0 Å². The number of carboxylic acids is 1. The summed E-state index contributed by atoms with van der Waals surface area (Å²) in [6, 6.07) is 12.0. The predicted molar refractivity (Wildman–Crippen MR) is 90.7 cm³/mol. The number of fused-ring (bicyclic) bond motifs is 1. The molecule has 0 saturated carbocycles. The molecule has 110 valence electrons. The zero-order valence-electron chi connectivity index (χ0n) is 11.2. The zero-order valence-corrected chi connectivity index (χ0v) is 12.9. The maximum absolute atomic E-state index is 11.3. The number of nitrogens with one attached hydrogen (secondary N) is 1. The number of nitrogens with zero attached hydrogens (tertiary/aromatic N) is 1. The van der Waals surface area contributed by atoms with Crippen molar-refractivity contribution in [3.63, 3.8) is 0 Å². The Bertz CT molecular complexity index is 878. The summed E-state index contributed by atoms with van der Waals surface area (Å²) >= 11 is 10.5. The van der Waals surface area contributed by atoms with Crippen molar-refractivity contribution in [1.82, 2.24) is 4.98 Å². The monoisotopic (exact) mass is 330 g/mol. The molecule has 0 saturated heterocycles. The molecule has 0 unspecified atom stereocenters. The molecule has 2 aromatic carbocycles. The number of para-hydroxylation sites is 1. The summed E-state index contributed by atoms with van der Waals surface area (Å²) in [6.07, 6.45) is 1.62. The summed E-state index contributed by atoms with van der Waals surface area (Å²) in [5.41, 5.74) is 2.09. The molecule has 0 aliphatic carbocycles. The molecule has 1 aromatic heterocycles. The van der Waals surface area contributed by atoms with Crippen LogP contribution in [-0.2, 0) is 0 Å². The fourth-order valence-corrected chi connectivity index (χ4v) is 2.61. The Morgan fingerprint density at radius 3 is 2.77 bits per heavy atom. The number of benzene rings is 2. The molecule has 0 fully saturated rings. The Hall–Kier alpha value is -2.24. The fraction of sp³-hybridized carbons (Fsp3) is 0. The highest BCUT2D eigenvalue weighted by atomic mass is 35.5. The van der Waals surface area contributed by atoms with E-state index in [0.717, 1.165) is 10.9 Å². The van der Waals surface area contributed by atoms with Crippen molar-refractivity contribution < 1.29 is 9.90 Å². The van der Waals surface area contributed by atoms with Crippen LogP contribution in [0.2, 0.25) is 5.02 Å². The molecule has 3 aromatic rings. The number of carbonyl (C=O) groups is 1. The van der Waals surface area contributed by atoms with E-state index in [0.29, 0.717) is 21.3 Å². The van der Waals surface area contributed by atoms with Crippen LogP contribution in [0, 0.1) is 0 Å². The third kappa shape index (κ3) is 2.73. The molecular formula is C16H11ClN2O2S. The van der Waals surface area contributed by atoms with Crippen molar-refractivity contribution >= 4 is 52.5 Å². The molecule has 0 spiro atoms. The van der Waals surface area contributed by atoms with Gasteiger partial charge in [0.05, 0.1) is 22.5 Å². The molecule has 4 nitrogen and oxygen atoms in total. The first-order valence-corrected chi connectivity index (χ1v) is 7.25. The Balaban J connectivity index is 2.17. The van der Waals surface area contributed by atoms with Crippen molar-refractivity contribution in [1.29, 1.82) is 0 Å². The second-order valence-corrected chi connectivity index (χ2v) is 5.57. The second-order valence-electron chi connectivity index (χ2n) is 4.66. The summed E-state index contributed by atoms with van der Waals surface area (Å²) in [5, 5.41) is 13.8. The molecular weight excluding hydrogens is 320 g/mol. The first kappa shape index (κ1) is 14.7. The Morgan fingerprint density at radius 2 is 2.00 bits per heavy atom. The van der Waals surface area contributed by atoms with E-state index in [1.165, 1.54) is 0 Å². The molecule has 0 atom stereocenters. The van der Waals surface area contributed by atoms with Crippen LogP contribution in [-0.4, -0.2) is 16.1 Å². The van der Waals surface area contributed by atoms with Gasteiger partial charge in [0.15, 0.2) is 0 Å². The van der Waals surface area contributed by atoms with Crippen molar-refractivity contribution in [2.75, 3.05) is 5.32 Å². The minimum absolute atomic E-state index is 0.183. The van der Waals surface area contributed by atoms with Crippen LogP contribution in [0.15, 0.2) is 53.6 Å². The maximum atomic E-state index is 11.3. The van der Waals surface area contributed by atoms with E-state index in [-0.39, 0.29) is 5.56 Å². The van der Waals surface area contributed by atoms with Gasteiger partial charge in [-0.25, -0.2) is 4.79 Å². The molecule has 1 heterocycles. The highest BCUT2D eigenvalue weighted by Crippen LogP contribution is 2.33. The van der Waals surface area contributed by atoms with Crippen LogP contribution in [0.25, 0.3) is 10.9 Å². The number of pyridine rings is 1. The van der Waals surface area contributed by atoms with Gasteiger partial charge in [-0.1, -0.05) is 23.7 Å². The van der Waals surface area contributed by atoms with E-state index in [9.17, 15) is 9.90 Å². The lowest BCUT2D eigenvalue weighted by Gasteiger charge is -2.14. The van der Waals surface area contributed by atoms with Crippen LogP contribution in [0.1, 0.15) is 10.4 Å². The lowest BCUT2D eigenvalue weighted by molar-refractivity contribution is 0.0698. The number of aromatic nitrogens is 1. The van der Waals surface area contributed by atoms with E-state index in [1.54, 1.807) is 48.7 Å². The minimum atomic E-state index is -1.000. The van der Waals surface area contributed by atoms with Gasteiger partial charge in [-0.15, -0.1) is 12.6 Å². The van der Waals surface area contributed by atoms with Crippen molar-refractivity contribution in [3.05, 3.63) is 59.2 Å². The lowest BCUT2D eigenvalue weighted by atomic mass is 10.1. The largest absolute Gasteiger partial charge is 0.478 e. The van der Waals surface area contributed by atoms with Gasteiger partial charge in [0.25, 0.3) is 0 Å². The van der Waals surface area contributed by atoms with E-state index in [4.69, 9.17) is 11.6 Å². The van der Waals surface area contributed by atoms with Gasteiger partial charge in [-0.3, -0.25) is 4.98 Å². The van der Waals surface area contributed by atoms with Crippen LogP contribution >= 0.6 is 24.2 Å². The summed E-state index contributed by atoms with van der Waals surface area (Å²) in [5.74, 6) is -1.000. The molecule has 3 rings (SSSR count). The van der Waals surface area contributed by atoms with Gasteiger partial charge in [-0.2, -0.15) is 0 Å². The zero-order chi connectivity index (χ0) is 15.7. The molecule has 0 amide bonds. The topological polar surface area (TPSA) is 62.2 Å².